The molecule has 2 N–H and O–H groups in total. The van der Waals surface area contributed by atoms with Crippen LogP contribution in [0.25, 0.3) is 10.9 Å². The summed E-state index contributed by atoms with van der Waals surface area (Å²) in [4.78, 5) is 10.8. The van der Waals surface area contributed by atoms with Crippen molar-refractivity contribution in [3.63, 3.8) is 0 Å². The minimum absolute atomic E-state index is 0.233. The standard InChI is InChI=1S/C8H5IN2O2/c9-7-4-2-1-3-5(8(12)13)6(4)10-11-7/h1-3H,(H,10,11)(H,12,13). The van der Waals surface area contributed by atoms with Gasteiger partial charge in [-0.15, -0.1) is 0 Å². The van der Waals surface area contributed by atoms with Gasteiger partial charge in [-0.25, -0.2) is 4.79 Å². The Kier molecular flexibility index (Phi) is 1.95. The van der Waals surface area contributed by atoms with Crippen molar-refractivity contribution in [1.82, 2.24) is 10.2 Å². The smallest absolute Gasteiger partial charge is 0.337 e. The second-order valence-corrected chi connectivity index (χ2v) is 3.62. The number of halogens is 1. The van der Waals surface area contributed by atoms with Crippen LogP contribution in [0, 0.1) is 3.70 Å². The number of fused-ring (bicyclic) bond motifs is 1. The molecule has 1 aromatic heterocycles. The average molecular weight is 288 g/mol. The first-order valence-electron chi connectivity index (χ1n) is 3.56. The van der Waals surface area contributed by atoms with Crippen molar-refractivity contribution in [2.24, 2.45) is 0 Å². The quantitative estimate of drug-likeness (QED) is 0.787. The highest BCUT2D eigenvalue weighted by molar-refractivity contribution is 14.1. The molecule has 0 bridgehead atoms. The number of carbonyl (C=O) groups is 1. The van der Waals surface area contributed by atoms with Crippen LogP contribution >= 0.6 is 22.6 Å². The summed E-state index contributed by atoms with van der Waals surface area (Å²) in [5.41, 5.74) is 0.746. The minimum Gasteiger partial charge on any atom is -0.478 e. The molecule has 0 unspecified atom stereocenters. The SMILES string of the molecule is O=C(O)c1cccc2c(I)[nH]nc12. The van der Waals surface area contributed by atoms with Crippen molar-refractivity contribution in [2.75, 3.05) is 0 Å². The Morgan fingerprint density at radius 2 is 2.31 bits per heavy atom. The van der Waals surface area contributed by atoms with Crippen molar-refractivity contribution in [1.29, 1.82) is 0 Å². The number of nitrogens with zero attached hydrogens (tertiary/aromatic N) is 1. The summed E-state index contributed by atoms with van der Waals surface area (Å²) in [5, 5.41) is 16.4. The van der Waals surface area contributed by atoms with Crippen LogP contribution in [0.5, 0.6) is 0 Å². The monoisotopic (exact) mass is 288 g/mol. The number of para-hydroxylation sites is 1. The van der Waals surface area contributed by atoms with Gasteiger partial charge in [-0.3, -0.25) is 5.10 Å². The van der Waals surface area contributed by atoms with E-state index in [2.05, 4.69) is 32.8 Å². The first-order chi connectivity index (χ1) is 6.20. The van der Waals surface area contributed by atoms with E-state index < -0.39 is 5.97 Å². The Labute approximate surface area is 87.1 Å². The van der Waals surface area contributed by atoms with E-state index in [1.165, 1.54) is 0 Å². The molecule has 0 spiro atoms. The van der Waals surface area contributed by atoms with Gasteiger partial charge in [0.1, 0.15) is 9.22 Å². The van der Waals surface area contributed by atoms with Gasteiger partial charge in [0.25, 0.3) is 0 Å². The molecule has 13 heavy (non-hydrogen) atoms. The molecule has 2 aromatic rings. The van der Waals surface area contributed by atoms with E-state index in [4.69, 9.17) is 5.11 Å². The fourth-order valence-electron chi connectivity index (χ4n) is 1.18. The van der Waals surface area contributed by atoms with Gasteiger partial charge in [0.2, 0.25) is 0 Å². The maximum Gasteiger partial charge on any atom is 0.337 e. The number of carboxylic acid groups (broad SMARTS) is 1. The fourth-order valence-corrected chi connectivity index (χ4v) is 1.73. The number of hydrogen-bond acceptors (Lipinski definition) is 2. The molecule has 0 amide bonds. The Morgan fingerprint density at radius 1 is 1.54 bits per heavy atom. The molecule has 0 saturated heterocycles. The first-order valence-corrected chi connectivity index (χ1v) is 4.64. The first kappa shape index (κ1) is 8.49. The molecule has 66 valence electrons. The topological polar surface area (TPSA) is 66.0 Å². The highest BCUT2D eigenvalue weighted by Crippen LogP contribution is 2.20. The second-order valence-electron chi connectivity index (χ2n) is 2.54. The van der Waals surface area contributed by atoms with Crippen molar-refractivity contribution in [3.05, 3.63) is 27.5 Å². The van der Waals surface area contributed by atoms with E-state index in [0.717, 1.165) is 9.09 Å². The molecule has 0 radical (unpaired) electrons. The second kappa shape index (κ2) is 2.99. The highest BCUT2D eigenvalue weighted by atomic mass is 127. The van der Waals surface area contributed by atoms with Gasteiger partial charge in [0, 0.05) is 5.39 Å². The van der Waals surface area contributed by atoms with Crippen molar-refractivity contribution >= 4 is 39.5 Å². The minimum atomic E-state index is -0.950. The third-order valence-corrected chi connectivity index (χ3v) is 2.59. The number of rotatable bonds is 1. The molecule has 0 aliphatic carbocycles. The Hall–Kier alpha value is -1.11. The normalized spacial score (nSPS) is 10.5. The molecule has 4 nitrogen and oxygen atoms in total. The third kappa shape index (κ3) is 1.28. The molecule has 2 rings (SSSR count). The molecule has 0 saturated carbocycles. The van der Waals surface area contributed by atoms with Crippen LogP contribution in [0.3, 0.4) is 0 Å². The molecule has 0 fully saturated rings. The van der Waals surface area contributed by atoms with Crippen LogP contribution in [0.4, 0.5) is 0 Å². The lowest BCUT2D eigenvalue weighted by Crippen LogP contribution is -1.96. The number of H-pyrrole nitrogens is 1. The fraction of sp³-hybridized carbons (Fsp3) is 0. The summed E-state index contributed by atoms with van der Waals surface area (Å²) < 4.78 is 0.857. The van der Waals surface area contributed by atoms with Crippen LogP contribution in [0.2, 0.25) is 0 Å². The summed E-state index contributed by atoms with van der Waals surface area (Å²) in [5.74, 6) is -0.950. The van der Waals surface area contributed by atoms with Crippen LogP contribution in [0.1, 0.15) is 10.4 Å². The van der Waals surface area contributed by atoms with E-state index in [9.17, 15) is 4.79 Å². The van der Waals surface area contributed by atoms with E-state index in [0.29, 0.717) is 5.52 Å². The van der Waals surface area contributed by atoms with Crippen LogP contribution in [-0.4, -0.2) is 21.3 Å². The number of hydrogen-bond donors (Lipinski definition) is 2. The van der Waals surface area contributed by atoms with Gasteiger partial charge in [-0.05, 0) is 28.7 Å². The van der Waals surface area contributed by atoms with Crippen molar-refractivity contribution in [3.8, 4) is 0 Å². The lowest BCUT2D eigenvalue weighted by molar-refractivity contribution is 0.0699. The summed E-state index contributed by atoms with van der Waals surface area (Å²) >= 11 is 2.08. The summed E-state index contributed by atoms with van der Waals surface area (Å²) in [6.07, 6.45) is 0. The van der Waals surface area contributed by atoms with Crippen LogP contribution in [0.15, 0.2) is 18.2 Å². The summed E-state index contributed by atoms with van der Waals surface area (Å²) in [7, 11) is 0. The lowest BCUT2D eigenvalue weighted by Gasteiger charge is -1.93. The summed E-state index contributed by atoms with van der Waals surface area (Å²) in [6.45, 7) is 0. The van der Waals surface area contributed by atoms with Gasteiger partial charge in [0.15, 0.2) is 0 Å². The van der Waals surface area contributed by atoms with Crippen molar-refractivity contribution < 1.29 is 9.90 Å². The number of benzene rings is 1. The van der Waals surface area contributed by atoms with Crippen molar-refractivity contribution in [2.45, 2.75) is 0 Å². The van der Waals surface area contributed by atoms with E-state index in [1.807, 2.05) is 6.07 Å². The average Bonchev–Trinajstić information content (AvgIpc) is 2.48. The molecular weight excluding hydrogens is 283 g/mol. The maximum atomic E-state index is 10.8. The maximum absolute atomic E-state index is 10.8. The number of aromatic amines is 1. The Bertz CT molecular complexity index is 478. The van der Waals surface area contributed by atoms with E-state index in [1.54, 1.807) is 12.1 Å². The van der Waals surface area contributed by atoms with Gasteiger partial charge < -0.3 is 5.11 Å². The summed E-state index contributed by atoms with van der Waals surface area (Å²) in [6, 6.07) is 5.10. The number of carboxylic acids is 1. The molecular formula is C8H5IN2O2. The van der Waals surface area contributed by atoms with E-state index in [-0.39, 0.29) is 5.56 Å². The van der Waals surface area contributed by atoms with Crippen LogP contribution in [-0.2, 0) is 0 Å². The molecule has 1 aromatic carbocycles. The van der Waals surface area contributed by atoms with Crippen LogP contribution < -0.4 is 0 Å². The molecule has 0 atom stereocenters. The zero-order valence-corrected chi connectivity index (χ0v) is 8.57. The predicted octanol–water partition coefficient (Wildman–Crippen LogP) is 1.87. The zero-order valence-electron chi connectivity index (χ0n) is 6.41. The Balaban J connectivity index is 2.84. The Morgan fingerprint density at radius 3 is 3.00 bits per heavy atom. The molecule has 0 aliphatic rings. The molecule has 1 heterocycles. The van der Waals surface area contributed by atoms with Gasteiger partial charge in [-0.2, -0.15) is 5.10 Å². The van der Waals surface area contributed by atoms with Gasteiger partial charge in [-0.1, -0.05) is 12.1 Å². The number of aromatic carboxylic acids is 1. The zero-order chi connectivity index (χ0) is 9.42. The predicted molar refractivity (Wildman–Crippen MR) is 55.8 cm³/mol. The third-order valence-electron chi connectivity index (χ3n) is 1.77. The number of aromatic nitrogens is 2. The lowest BCUT2D eigenvalue weighted by atomic mass is 10.1. The van der Waals surface area contributed by atoms with Gasteiger partial charge >= 0.3 is 5.97 Å². The largest absolute Gasteiger partial charge is 0.478 e. The van der Waals surface area contributed by atoms with Gasteiger partial charge in [0.05, 0.1) is 5.56 Å². The highest BCUT2D eigenvalue weighted by Gasteiger charge is 2.11. The molecule has 0 aliphatic heterocycles. The molecule has 5 heteroatoms. The number of nitrogens with one attached hydrogen (secondary N) is 1. The van der Waals surface area contributed by atoms with E-state index >= 15 is 0 Å².